The quantitative estimate of drug-likeness (QED) is 0.630. The lowest BCUT2D eigenvalue weighted by atomic mass is 10.1. The minimum Gasteiger partial charge on any atom is -0.451 e. The Morgan fingerprint density at radius 2 is 1.76 bits per heavy atom. The molecule has 1 aliphatic rings. The molecule has 0 aliphatic carbocycles. The van der Waals surface area contributed by atoms with Crippen LogP contribution in [-0.4, -0.2) is 48.5 Å². The van der Waals surface area contributed by atoms with Crippen LogP contribution in [0.15, 0.2) is 52.9 Å². The van der Waals surface area contributed by atoms with E-state index in [1.807, 2.05) is 36.1 Å². The van der Waals surface area contributed by atoms with E-state index in [9.17, 15) is 4.79 Å². The van der Waals surface area contributed by atoms with Gasteiger partial charge in [-0.25, -0.2) is 0 Å². The largest absolute Gasteiger partial charge is 0.451 e. The molecule has 2 heterocycles. The summed E-state index contributed by atoms with van der Waals surface area (Å²) in [5.41, 5.74) is 4.26. The lowest BCUT2D eigenvalue weighted by molar-refractivity contribution is 0.0591. The zero-order valence-electron chi connectivity index (χ0n) is 17.2. The van der Waals surface area contributed by atoms with E-state index in [2.05, 4.69) is 36.1 Å². The van der Waals surface area contributed by atoms with Gasteiger partial charge >= 0.3 is 0 Å². The fourth-order valence-corrected chi connectivity index (χ4v) is 3.90. The Balaban J connectivity index is 1.46. The molecule has 0 spiro atoms. The van der Waals surface area contributed by atoms with Crippen molar-refractivity contribution in [1.82, 2.24) is 9.80 Å². The number of fused-ring (bicyclic) bond motifs is 1. The molecular weight excluding hydrogens is 364 g/mol. The first-order valence-corrected chi connectivity index (χ1v) is 10.3. The fourth-order valence-electron chi connectivity index (χ4n) is 3.90. The highest BCUT2D eigenvalue weighted by atomic mass is 16.5. The van der Waals surface area contributed by atoms with Gasteiger partial charge in [0.2, 0.25) is 0 Å². The van der Waals surface area contributed by atoms with Gasteiger partial charge < -0.3 is 14.1 Å². The van der Waals surface area contributed by atoms with E-state index in [1.54, 1.807) is 0 Å². The lowest BCUT2D eigenvalue weighted by Gasteiger charge is -2.34. The van der Waals surface area contributed by atoms with Gasteiger partial charge in [-0.15, -0.1) is 0 Å². The van der Waals surface area contributed by atoms with Crippen LogP contribution in [0, 0.1) is 6.92 Å². The van der Waals surface area contributed by atoms with E-state index < -0.39 is 0 Å². The number of rotatable bonds is 6. The zero-order chi connectivity index (χ0) is 20.2. The van der Waals surface area contributed by atoms with Crippen LogP contribution < -0.4 is 0 Å². The van der Waals surface area contributed by atoms with Crippen molar-refractivity contribution in [3.63, 3.8) is 0 Å². The van der Waals surface area contributed by atoms with E-state index >= 15 is 0 Å². The molecule has 3 aromatic rings. The molecule has 1 fully saturated rings. The SMILES string of the molecule is CCOCc1c(C(=O)N2CCN(Cc3ccccc3C)CC2)oc2ccccc12. The number of hydrogen-bond donors (Lipinski definition) is 0. The fraction of sp³-hybridized carbons (Fsp3) is 0.375. The molecule has 4 rings (SSSR count). The van der Waals surface area contributed by atoms with Crippen molar-refractivity contribution in [1.29, 1.82) is 0 Å². The summed E-state index contributed by atoms with van der Waals surface area (Å²) in [6, 6.07) is 16.3. The van der Waals surface area contributed by atoms with Gasteiger partial charge in [0.25, 0.3) is 5.91 Å². The Morgan fingerprint density at radius 1 is 1.03 bits per heavy atom. The van der Waals surface area contributed by atoms with Crippen molar-refractivity contribution in [2.75, 3.05) is 32.8 Å². The maximum Gasteiger partial charge on any atom is 0.290 e. The molecule has 0 bridgehead atoms. The average molecular weight is 392 g/mol. The van der Waals surface area contributed by atoms with Crippen LogP contribution in [0.4, 0.5) is 0 Å². The summed E-state index contributed by atoms with van der Waals surface area (Å²) in [4.78, 5) is 17.5. The summed E-state index contributed by atoms with van der Waals surface area (Å²) in [6.07, 6.45) is 0. The van der Waals surface area contributed by atoms with Crippen molar-refractivity contribution >= 4 is 16.9 Å². The smallest absolute Gasteiger partial charge is 0.290 e. The number of para-hydroxylation sites is 1. The number of furan rings is 1. The van der Waals surface area contributed by atoms with Gasteiger partial charge in [-0.05, 0) is 31.0 Å². The highest BCUT2D eigenvalue weighted by Gasteiger charge is 2.28. The van der Waals surface area contributed by atoms with Crippen LogP contribution >= 0.6 is 0 Å². The zero-order valence-corrected chi connectivity index (χ0v) is 17.2. The number of carbonyl (C=O) groups is 1. The summed E-state index contributed by atoms with van der Waals surface area (Å²) in [5, 5.41) is 0.961. The number of aryl methyl sites for hydroxylation is 1. The molecule has 5 nitrogen and oxygen atoms in total. The first kappa shape index (κ1) is 19.7. The Morgan fingerprint density at radius 3 is 2.52 bits per heavy atom. The van der Waals surface area contributed by atoms with E-state index in [1.165, 1.54) is 11.1 Å². The molecule has 1 aliphatic heterocycles. The summed E-state index contributed by atoms with van der Waals surface area (Å²) in [7, 11) is 0. The van der Waals surface area contributed by atoms with Gasteiger partial charge in [0, 0.05) is 50.3 Å². The number of carbonyl (C=O) groups excluding carboxylic acids is 1. The van der Waals surface area contributed by atoms with Crippen molar-refractivity contribution in [3.05, 3.63) is 71.0 Å². The molecule has 29 heavy (non-hydrogen) atoms. The van der Waals surface area contributed by atoms with Gasteiger partial charge in [0.15, 0.2) is 5.76 Å². The van der Waals surface area contributed by atoms with Crippen LogP contribution in [0.1, 0.15) is 34.2 Å². The average Bonchev–Trinajstić information content (AvgIpc) is 3.12. The maximum atomic E-state index is 13.2. The van der Waals surface area contributed by atoms with Crippen LogP contribution in [0.3, 0.4) is 0 Å². The second-order valence-electron chi connectivity index (χ2n) is 7.54. The molecule has 0 radical (unpaired) electrons. The minimum atomic E-state index is -0.0357. The molecule has 2 aromatic carbocycles. The van der Waals surface area contributed by atoms with Crippen molar-refractivity contribution in [2.45, 2.75) is 27.0 Å². The summed E-state index contributed by atoms with van der Waals surface area (Å²) in [6.45, 7) is 9.16. The number of benzene rings is 2. The monoisotopic (exact) mass is 392 g/mol. The Kier molecular flexibility index (Phi) is 5.97. The number of nitrogens with zero attached hydrogens (tertiary/aromatic N) is 2. The van der Waals surface area contributed by atoms with Gasteiger partial charge in [-0.1, -0.05) is 42.5 Å². The van der Waals surface area contributed by atoms with Gasteiger partial charge in [0.05, 0.1) is 6.61 Å². The molecule has 0 saturated carbocycles. The number of ether oxygens (including phenoxy) is 1. The lowest BCUT2D eigenvalue weighted by Crippen LogP contribution is -2.48. The number of amides is 1. The predicted molar refractivity (Wildman–Crippen MR) is 114 cm³/mol. The predicted octanol–water partition coefficient (Wildman–Crippen LogP) is 4.24. The third-order valence-electron chi connectivity index (χ3n) is 5.66. The van der Waals surface area contributed by atoms with Gasteiger partial charge in [0.1, 0.15) is 5.58 Å². The van der Waals surface area contributed by atoms with E-state index in [0.29, 0.717) is 32.1 Å². The van der Waals surface area contributed by atoms with Crippen molar-refractivity contribution in [2.24, 2.45) is 0 Å². The first-order valence-electron chi connectivity index (χ1n) is 10.3. The topological polar surface area (TPSA) is 45.9 Å². The highest BCUT2D eigenvalue weighted by Crippen LogP contribution is 2.28. The Labute approximate surface area is 171 Å². The Hall–Kier alpha value is -2.63. The Bertz CT molecular complexity index is 987. The third-order valence-corrected chi connectivity index (χ3v) is 5.66. The molecule has 5 heteroatoms. The molecule has 152 valence electrons. The molecule has 1 saturated heterocycles. The third kappa shape index (κ3) is 4.21. The molecule has 1 aromatic heterocycles. The summed E-state index contributed by atoms with van der Waals surface area (Å²) >= 11 is 0. The minimum absolute atomic E-state index is 0.0357. The molecule has 1 amide bonds. The van der Waals surface area contributed by atoms with Crippen LogP contribution in [0.5, 0.6) is 0 Å². The number of piperazine rings is 1. The van der Waals surface area contributed by atoms with Crippen LogP contribution in [0.25, 0.3) is 11.0 Å². The molecule has 0 unspecified atom stereocenters. The molecule has 0 N–H and O–H groups in total. The second kappa shape index (κ2) is 8.80. The van der Waals surface area contributed by atoms with Gasteiger partial charge in [-0.3, -0.25) is 9.69 Å². The van der Waals surface area contributed by atoms with Crippen LogP contribution in [0.2, 0.25) is 0 Å². The summed E-state index contributed by atoms with van der Waals surface area (Å²) in [5.74, 6) is 0.387. The van der Waals surface area contributed by atoms with E-state index in [-0.39, 0.29) is 5.91 Å². The molecule has 0 atom stereocenters. The normalized spacial score (nSPS) is 15.2. The standard InChI is InChI=1S/C24H28N2O3/c1-3-28-17-21-20-10-6-7-11-22(20)29-23(21)24(27)26-14-12-25(13-15-26)16-19-9-5-4-8-18(19)2/h4-11H,3,12-17H2,1-2H3. The molecular formula is C24H28N2O3. The van der Waals surface area contributed by atoms with Crippen molar-refractivity contribution < 1.29 is 13.9 Å². The van der Waals surface area contributed by atoms with Gasteiger partial charge in [-0.2, -0.15) is 0 Å². The summed E-state index contributed by atoms with van der Waals surface area (Å²) < 4.78 is 11.6. The second-order valence-corrected chi connectivity index (χ2v) is 7.54. The highest BCUT2D eigenvalue weighted by molar-refractivity contribution is 5.99. The van der Waals surface area contributed by atoms with Crippen LogP contribution in [-0.2, 0) is 17.9 Å². The maximum absolute atomic E-state index is 13.2. The number of hydrogen-bond acceptors (Lipinski definition) is 4. The van der Waals surface area contributed by atoms with Crippen molar-refractivity contribution in [3.8, 4) is 0 Å². The first-order chi connectivity index (χ1) is 14.2. The van der Waals surface area contributed by atoms with E-state index in [0.717, 1.165) is 36.2 Å². The van der Waals surface area contributed by atoms with E-state index in [4.69, 9.17) is 9.15 Å².